The van der Waals surface area contributed by atoms with Crippen molar-refractivity contribution in [1.29, 1.82) is 0 Å². The van der Waals surface area contributed by atoms with Crippen molar-refractivity contribution in [3.05, 3.63) is 40.6 Å². The molecule has 0 radical (unpaired) electrons. The minimum Gasteiger partial charge on any atom is -0.501 e. The Morgan fingerprint density at radius 3 is 1.69 bits per heavy atom. The van der Waals surface area contributed by atoms with Crippen molar-refractivity contribution in [3.8, 4) is 11.5 Å². The lowest BCUT2D eigenvalue weighted by Crippen LogP contribution is -2.58. The van der Waals surface area contributed by atoms with Crippen molar-refractivity contribution in [1.82, 2.24) is 20.7 Å². The number of likely N-dealkylation sites (tertiary alicyclic amines) is 2. The second kappa shape index (κ2) is 17.5. The quantitative estimate of drug-likeness (QED) is 0.262. The van der Waals surface area contributed by atoms with Crippen LogP contribution in [0.3, 0.4) is 0 Å². The second-order valence-electron chi connectivity index (χ2n) is 17.6. The van der Waals surface area contributed by atoms with Gasteiger partial charge in [0.15, 0.2) is 11.7 Å². The zero-order chi connectivity index (χ0) is 44.7. The number of hydrogen-bond acceptors (Lipinski definition) is 15. The van der Waals surface area contributed by atoms with E-state index in [1.165, 1.54) is 0 Å². The van der Waals surface area contributed by atoms with E-state index < -0.39 is 17.2 Å². The van der Waals surface area contributed by atoms with Gasteiger partial charge in [0.05, 0.1) is 42.0 Å². The molecule has 6 heterocycles. The van der Waals surface area contributed by atoms with Crippen molar-refractivity contribution < 1.29 is 42.9 Å². The molecule has 6 aliphatic heterocycles. The third-order valence-corrected chi connectivity index (χ3v) is 11.0. The maximum atomic E-state index is 12.3. The van der Waals surface area contributed by atoms with Crippen LogP contribution in [0, 0.1) is 0 Å². The van der Waals surface area contributed by atoms with Gasteiger partial charge < -0.3 is 53.9 Å². The number of rotatable bonds is 7. The summed E-state index contributed by atoms with van der Waals surface area (Å²) in [6.07, 6.45) is 2.90. The number of nitrogens with one attached hydrogen (secondary N) is 4. The summed E-state index contributed by atoms with van der Waals surface area (Å²) in [5.74, 6) is 2.34. The minimum absolute atomic E-state index is 0.0644. The molecule has 4 amide bonds. The molecule has 2 fully saturated rings. The lowest BCUT2D eigenvalue weighted by Gasteiger charge is -2.41. The molecule has 4 N–H and O–H groups in total. The molecule has 62 heavy (non-hydrogen) atoms. The van der Waals surface area contributed by atoms with Gasteiger partial charge in [-0.25, -0.2) is 20.4 Å². The smallest absolute Gasteiger partial charge is 0.410 e. The monoisotopic (exact) mass is 922 g/mol. The second-order valence-corrected chi connectivity index (χ2v) is 18.5. The SMILES string of the molecule is CC1C(=O)NN=C2COc3cc(Br)c(NC4CN(C(=O)OC(C)(C)C)C4)cc3N21.CCO/C=C/c1cc2c(cc1NC1CN(C(=O)OC(C)(C)C)C1)N1C(=NNC(=O)C1C)CO2. The summed E-state index contributed by atoms with van der Waals surface area (Å²) >= 11 is 3.58. The summed E-state index contributed by atoms with van der Waals surface area (Å²) in [5.41, 5.74) is 8.17. The van der Waals surface area contributed by atoms with E-state index in [4.69, 9.17) is 23.7 Å². The van der Waals surface area contributed by atoms with Crippen molar-refractivity contribution >= 4 is 80.4 Å². The molecule has 334 valence electrons. The maximum absolute atomic E-state index is 12.3. The van der Waals surface area contributed by atoms with E-state index in [0.717, 1.165) is 32.8 Å². The van der Waals surface area contributed by atoms with E-state index in [-0.39, 0.29) is 48.7 Å². The third kappa shape index (κ3) is 9.74. The molecule has 20 heteroatoms. The standard InChI is InChI=1S/C23H31N5O5.C19H24BrN5O4/c1-6-31-8-7-15-9-19-18(28-14(2)21(29)26-25-20(28)13-32-19)10-17(15)24-16-11-27(12-16)22(30)33-23(3,4)5;1-10-17(26)23-22-16-9-28-15-5-12(20)13(6-14(15)25(10)16)21-11-7-24(8-11)18(27)29-19(2,3)4/h7-10,14,16,24H,6,11-13H2,1-5H3,(H,26,29);5-6,10-11,21H,7-9H2,1-4H3,(H,23,26)/b8-7+;. The topological polar surface area (TPSA) is 200 Å². The largest absolute Gasteiger partial charge is 0.501 e. The molecular formula is C42H55BrN10O9. The van der Waals surface area contributed by atoms with Gasteiger partial charge in [0, 0.05) is 41.9 Å². The fourth-order valence-electron chi connectivity index (χ4n) is 7.26. The van der Waals surface area contributed by atoms with Crippen LogP contribution in [0.15, 0.2) is 45.2 Å². The molecule has 0 aromatic heterocycles. The summed E-state index contributed by atoms with van der Waals surface area (Å²) in [7, 11) is 0. The summed E-state index contributed by atoms with van der Waals surface area (Å²) in [6.45, 7) is 20.0. The van der Waals surface area contributed by atoms with E-state index in [1.54, 1.807) is 16.1 Å². The van der Waals surface area contributed by atoms with Crippen molar-refractivity contribution in [2.45, 2.75) is 97.7 Å². The van der Waals surface area contributed by atoms with Gasteiger partial charge in [0.25, 0.3) is 11.8 Å². The van der Waals surface area contributed by atoms with Crippen molar-refractivity contribution in [2.24, 2.45) is 10.2 Å². The molecule has 19 nitrogen and oxygen atoms in total. The molecule has 6 aliphatic rings. The number of amides is 4. The summed E-state index contributed by atoms with van der Waals surface area (Å²) in [4.78, 5) is 55.8. The number of amidine groups is 2. The van der Waals surface area contributed by atoms with Crippen LogP contribution < -0.4 is 40.8 Å². The first kappa shape index (κ1) is 44.1. The Bertz CT molecular complexity index is 2190. The van der Waals surface area contributed by atoms with E-state index in [1.807, 2.05) is 102 Å². The highest BCUT2D eigenvalue weighted by Gasteiger charge is 2.39. The van der Waals surface area contributed by atoms with Crippen LogP contribution >= 0.6 is 15.9 Å². The van der Waals surface area contributed by atoms with Crippen LogP contribution in [0.25, 0.3) is 6.08 Å². The van der Waals surface area contributed by atoms with E-state index in [0.29, 0.717) is 62.6 Å². The first-order valence-corrected chi connectivity index (χ1v) is 21.4. The maximum Gasteiger partial charge on any atom is 0.410 e. The Morgan fingerprint density at radius 2 is 1.23 bits per heavy atom. The minimum atomic E-state index is -0.526. The first-order valence-electron chi connectivity index (χ1n) is 20.6. The molecule has 0 spiro atoms. The Morgan fingerprint density at radius 1 is 0.774 bits per heavy atom. The molecule has 0 saturated carbocycles. The number of anilines is 4. The predicted molar refractivity (Wildman–Crippen MR) is 238 cm³/mol. The van der Waals surface area contributed by atoms with Gasteiger partial charge in [-0.1, -0.05) is 0 Å². The van der Waals surface area contributed by atoms with Crippen LogP contribution in [-0.2, 0) is 23.8 Å². The number of hydrazone groups is 2. The molecule has 2 aromatic rings. The van der Waals surface area contributed by atoms with Crippen LogP contribution in [0.4, 0.5) is 32.3 Å². The molecule has 2 saturated heterocycles. The number of nitrogens with zero attached hydrogens (tertiary/aromatic N) is 6. The highest BCUT2D eigenvalue weighted by Crippen LogP contribution is 2.42. The van der Waals surface area contributed by atoms with Gasteiger partial charge in [0.1, 0.15) is 48.0 Å². The van der Waals surface area contributed by atoms with Crippen LogP contribution in [0.2, 0.25) is 0 Å². The van der Waals surface area contributed by atoms with Crippen LogP contribution in [0.1, 0.15) is 67.9 Å². The number of hydrogen-bond donors (Lipinski definition) is 4. The lowest BCUT2D eigenvalue weighted by molar-refractivity contribution is -0.123. The Labute approximate surface area is 369 Å². The van der Waals surface area contributed by atoms with Crippen LogP contribution in [0.5, 0.6) is 11.5 Å². The highest BCUT2D eigenvalue weighted by molar-refractivity contribution is 9.10. The van der Waals surface area contributed by atoms with E-state index in [2.05, 4.69) is 47.6 Å². The zero-order valence-electron chi connectivity index (χ0n) is 36.5. The zero-order valence-corrected chi connectivity index (χ0v) is 38.0. The number of ether oxygens (including phenoxy) is 5. The van der Waals surface area contributed by atoms with Gasteiger partial charge in [-0.2, -0.15) is 10.2 Å². The van der Waals surface area contributed by atoms with Crippen molar-refractivity contribution in [2.75, 3.05) is 66.4 Å². The van der Waals surface area contributed by atoms with Gasteiger partial charge in [-0.3, -0.25) is 9.59 Å². The first-order chi connectivity index (χ1) is 29.3. The molecule has 8 rings (SSSR count). The molecule has 2 aromatic carbocycles. The molecule has 2 unspecified atom stereocenters. The summed E-state index contributed by atoms with van der Waals surface area (Å²) < 4.78 is 28.8. The number of fused-ring (bicyclic) bond motifs is 6. The third-order valence-electron chi connectivity index (χ3n) is 10.4. The van der Waals surface area contributed by atoms with Gasteiger partial charge in [0.2, 0.25) is 0 Å². The van der Waals surface area contributed by atoms with E-state index >= 15 is 0 Å². The molecule has 0 aliphatic carbocycles. The number of halogens is 1. The fraction of sp³-hybridized carbons (Fsp3) is 0.524. The van der Waals surface area contributed by atoms with Crippen molar-refractivity contribution in [3.63, 3.8) is 0 Å². The number of carbonyl (C=O) groups excluding carboxylic acids is 4. The Balaban J connectivity index is 0.000000188. The molecule has 0 bridgehead atoms. The average Bonchev–Trinajstić information content (AvgIpc) is 3.15. The normalized spacial score (nSPS) is 20.7. The van der Waals surface area contributed by atoms with Gasteiger partial charge in [-0.05, 0) is 109 Å². The highest BCUT2D eigenvalue weighted by atomic mass is 79.9. The summed E-state index contributed by atoms with van der Waals surface area (Å²) in [6, 6.07) is 7.09. The Hall–Kier alpha value is -5.92. The van der Waals surface area contributed by atoms with Crippen LogP contribution in [-0.4, -0.2) is 127 Å². The molecular weight excluding hydrogens is 868 g/mol. The molecule has 2 atom stereocenters. The van der Waals surface area contributed by atoms with E-state index in [9.17, 15) is 19.2 Å². The summed E-state index contributed by atoms with van der Waals surface area (Å²) in [5, 5.41) is 15.2. The average molecular weight is 924 g/mol. The van der Waals surface area contributed by atoms with Gasteiger partial charge >= 0.3 is 12.2 Å². The lowest BCUT2D eigenvalue weighted by atomic mass is 10.0. The Kier molecular flexibility index (Phi) is 12.4. The number of benzene rings is 2. The van der Waals surface area contributed by atoms with Gasteiger partial charge in [-0.15, -0.1) is 0 Å². The number of carbonyl (C=O) groups is 4. The predicted octanol–water partition coefficient (Wildman–Crippen LogP) is 5.27. The fourth-order valence-corrected chi connectivity index (χ4v) is 7.69.